The van der Waals surface area contributed by atoms with Crippen LogP contribution in [0.25, 0.3) is 6.08 Å². The molecule has 0 aliphatic carbocycles. The molecule has 3 rings (SSSR count). The Morgan fingerprint density at radius 3 is 2.52 bits per heavy atom. The van der Waals surface area contributed by atoms with Gasteiger partial charge in [0.05, 0.1) is 10.0 Å². The largest absolute Gasteiger partial charge is 0.305 e. The molecule has 0 radical (unpaired) electrons. The van der Waals surface area contributed by atoms with Crippen molar-refractivity contribution in [1.82, 2.24) is 10.3 Å². The molecule has 2 aromatic rings. The number of aliphatic imine (C=N–C) groups is 1. The number of pyridine rings is 1. The summed E-state index contributed by atoms with van der Waals surface area (Å²) < 4.78 is 0. The SMILES string of the molecule is O=C1NC(c2ccncc2)=N/C1=C/c1ccc(Cl)c(Cl)c1. The van der Waals surface area contributed by atoms with Gasteiger partial charge in [0.1, 0.15) is 11.5 Å². The zero-order chi connectivity index (χ0) is 14.8. The van der Waals surface area contributed by atoms with Crippen molar-refractivity contribution in [2.45, 2.75) is 0 Å². The highest BCUT2D eigenvalue weighted by Crippen LogP contribution is 2.24. The van der Waals surface area contributed by atoms with E-state index in [1.54, 1.807) is 48.8 Å². The minimum absolute atomic E-state index is 0.257. The van der Waals surface area contributed by atoms with Crippen molar-refractivity contribution < 1.29 is 4.79 Å². The van der Waals surface area contributed by atoms with Crippen LogP contribution >= 0.6 is 23.2 Å². The number of benzene rings is 1. The van der Waals surface area contributed by atoms with Crippen molar-refractivity contribution in [3.63, 3.8) is 0 Å². The Morgan fingerprint density at radius 1 is 1.05 bits per heavy atom. The molecule has 1 N–H and O–H groups in total. The number of hydrogen-bond donors (Lipinski definition) is 1. The maximum atomic E-state index is 11.9. The molecule has 0 fully saturated rings. The van der Waals surface area contributed by atoms with Gasteiger partial charge in [-0.2, -0.15) is 0 Å². The molecule has 0 unspecified atom stereocenters. The van der Waals surface area contributed by atoms with E-state index in [1.165, 1.54) is 0 Å². The van der Waals surface area contributed by atoms with E-state index in [-0.39, 0.29) is 5.91 Å². The first-order valence-electron chi connectivity index (χ1n) is 6.11. The number of halogens is 2. The van der Waals surface area contributed by atoms with E-state index >= 15 is 0 Å². The number of amides is 1. The summed E-state index contributed by atoms with van der Waals surface area (Å²) in [6.45, 7) is 0. The highest BCUT2D eigenvalue weighted by molar-refractivity contribution is 6.42. The first-order chi connectivity index (χ1) is 10.1. The number of rotatable bonds is 2. The molecular formula is C15H9Cl2N3O. The maximum Gasteiger partial charge on any atom is 0.275 e. The molecule has 1 aliphatic heterocycles. The van der Waals surface area contributed by atoms with Gasteiger partial charge < -0.3 is 5.32 Å². The quantitative estimate of drug-likeness (QED) is 0.864. The lowest BCUT2D eigenvalue weighted by molar-refractivity contribution is -0.115. The molecule has 1 aliphatic rings. The second-order valence-corrected chi connectivity index (χ2v) is 5.17. The molecule has 6 heteroatoms. The van der Waals surface area contributed by atoms with Crippen molar-refractivity contribution in [3.8, 4) is 0 Å². The van der Waals surface area contributed by atoms with E-state index < -0.39 is 0 Å². The van der Waals surface area contributed by atoms with Gasteiger partial charge in [0.25, 0.3) is 5.91 Å². The maximum absolute atomic E-state index is 11.9. The Bertz CT molecular complexity index is 770. The minimum Gasteiger partial charge on any atom is -0.305 e. The van der Waals surface area contributed by atoms with Crippen LogP contribution in [0.2, 0.25) is 10.0 Å². The second-order valence-electron chi connectivity index (χ2n) is 4.35. The van der Waals surface area contributed by atoms with Gasteiger partial charge in [0.15, 0.2) is 0 Å². The summed E-state index contributed by atoms with van der Waals surface area (Å²) >= 11 is 11.8. The van der Waals surface area contributed by atoms with Gasteiger partial charge >= 0.3 is 0 Å². The molecule has 0 saturated heterocycles. The molecule has 1 amide bonds. The fraction of sp³-hybridized carbons (Fsp3) is 0. The van der Waals surface area contributed by atoms with E-state index in [9.17, 15) is 4.79 Å². The molecule has 2 heterocycles. The standard InChI is InChI=1S/C15H9Cl2N3O/c16-11-2-1-9(7-12(11)17)8-13-15(21)20-14(19-13)10-3-5-18-6-4-10/h1-8H,(H,19,20,21)/b13-8+. The number of nitrogens with zero attached hydrogens (tertiary/aromatic N) is 2. The van der Waals surface area contributed by atoms with E-state index in [4.69, 9.17) is 23.2 Å². The molecular weight excluding hydrogens is 309 g/mol. The van der Waals surface area contributed by atoms with E-state index in [0.29, 0.717) is 21.6 Å². The molecule has 21 heavy (non-hydrogen) atoms. The zero-order valence-corrected chi connectivity index (χ0v) is 12.2. The van der Waals surface area contributed by atoms with Gasteiger partial charge in [-0.05, 0) is 35.9 Å². The number of hydrogen-bond acceptors (Lipinski definition) is 3. The third-order valence-corrected chi connectivity index (χ3v) is 3.64. The first-order valence-corrected chi connectivity index (χ1v) is 6.86. The van der Waals surface area contributed by atoms with Crippen LogP contribution in [-0.4, -0.2) is 16.7 Å². The summed E-state index contributed by atoms with van der Waals surface area (Å²) in [5.41, 5.74) is 1.88. The molecule has 0 spiro atoms. The van der Waals surface area contributed by atoms with E-state index in [0.717, 1.165) is 11.1 Å². The fourth-order valence-electron chi connectivity index (χ4n) is 1.88. The smallest absolute Gasteiger partial charge is 0.275 e. The van der Waals surface area contributed by atoms with Crippen LogP contribution in [0.15, 0.2) is 53.4 Å². The highest BCUT2D eigenvalue weighted by atomic mass is 35.5. The number of carbonyl (C=O) groups is 1. The van der Waals surface area contributed by atoms with Crippen molar-refractivity contribution in [3.05, 3.63) is 69.6 Å². The van der Waals surface area contributed by atoms with Crippen molar-refractivity contribution in [2.75, 3.05) is 0 Å². The molecule has 4 nitrogen and oxygen atoms in total. The minimum atomic E-state index is -0.257. The summed E-state index contributed by atoms with van der Waals surface area (Å²) in [4.78, 5) is 20.2. The highest BCUT2D eigenvalue weighted by Gasteiger charge is 2.20. The predicted molar refractivity (Wildman–Crippen MR) is 83.4 cm³/mol. The third-order valence-electron chi connectivity index (χ3n) is 2.90. The van der Waals surface area contributed by atoms with Gasteiger partial charge in [-0.25, -0.2) is 4.99 Å². The van der Waals surface area contributed by atoms with Gasteiger partial charge in [-0.3, -0.25) is 9.78 Å². The van der Waals surface area contributed by atoms with Crippen molar-refractivity contribution >= 4 is 41.0 Å². The van der Waals surface area contributed by atoms with Crippen LogP contribution < -0.4 is 5.32 Å². The Kier molecular flexibility index (Phi) is 3.73. The van der Waals surface area contributed by atoms with Crippen LogP contribution in [-0.2, 0) is 4.79 Å². The lowest BCUT2D eigenvalue weighted by Crippen LogP contribution is -2.24. The van der Waals surface area contributed by atoms with Crippen molar-refractivity contribution in [2.24, 2.45) is 4.99 Å². The van der Waals surface area contributed by atoms with Crippen molar-refractivity contribution in [1.29, 1.82) is 0 Å². The Labute approximate surface area is 131 Å². The molecule has 0 saturated carbocycles. The summed E-state index contributed by atoms with van der Waals surface area (Å²) in [6, 6.07) is 8.69. The van der Waals surface area contributed by atoms with Crippen LogP contribution in [0.5, 0.6) is 0 Å². The molecule has 0 atom stereocenters. The first kappa shape index (κ1) is 13.8. The average Bonchev–Trinajstić information content (AvgIpc) is 2.85. The lowest BCUT2D eigenvalue weighted by atomic mass is 10.2. The summed E-state index contributed by atoms with van der Waals surface area (Å²) in [5.74, 6) is 0.251. The number of amidine groups is 1. The van der Waals surface area contributed by atoms with E-state index in [1.807, 2.05) is 0 Å². The number of carbonyl (C=O) groups excluding carboxylic acids is 1. The molecule has 104 valence electrons. The van der Waals surface area contributed by atoms with Gasteiger partial charge in [0, 0.05) is 18.0 Å². The number of nitrogens with one attached hydrogen (secondary N) is 1. The van der Waals surface area contributed by atoms with Crippen LogP contribution in [0.4, 0.5) is 0 Å². The van der Waals surface area contributed by atoms with Gasteiger partial charge in [0.2, 0.25) is 0 Å². The molecule has 1 aromatic carbocycles. The number of aromatic nitrogens is 1. The van der Waals surface area contributed by atoms with E-state index in [2.05, 4.69) is 15.3 Å². The summed E-state index contributed by atoms with van der Waals surface area (Å²) in [5, 5.41) is 3.62. The average molecular weight is 318 g/mol. The summed E-state index contributed by atoms with van der Waals surface area (Å²) in [7, 11) is 0. The normalized spacial score (nSPS) is 16.0. The monoisotopic (exact) mass is 317 g/mol. The zero-order valence-electron chi connectivity index (χ0n) is 10.7. The van der Waals surface area contributed by atoms with Gasteiger partial charge in [-0.15, -0.1) is 0 Å². The Morgan fingerprint density at radius 2 is 1.81 bits per heavy atom. The fourth-order valence-corrected chi connectivity index (χ4v) is 2.18. The Hall–Kier alpha value is -2.17. The molecule has 1 aromatic heterocycles. The second kappa shape index (κ2) is 5.68. The predicted octanol–water partition coefficient (Wildman–Crippen LogP) is 3.31. The molecule has 0 bridgehead atoms. The van der Waals surface area contributed by atoms with Crippen LogP contribution in [0.1, 0.15) is 11.1 Å². The van der Waals surface area contributed by atoms with Crippen LogP contribution in [0, 0.1) is 0 Å². The summed E-state index contributed by atoms with van der Waals surface area (Å²) in [6.07, 6.45) is 4.95. The van der Waals surface area contributed by atoms with Gasteiger partial charge in [-0.1, -0.05) is 29.3 Å². The topological polar surface area (TPSA) is 54.4 Å². The lowest BCUT2D eigenvalue weighted by Gasteiger charge is -1.98. The van der Waals surface area contributed by atoms with Crippen LogP contribution in [0.3, 0.4) is 0 Å². The third kappa shape index (κ3) is 2.96. The Balaban J connectivity index is 1.95.